The Morgan fingerprint density at radius 1 is 1.11 bits per heavy atom. The molecule has 3 N–H and O–H groups in total. The number of nitrogens with two attached hydrogens (primary N) is 1. The predicted molar refractivity (Wildman–Crippen MR) is 144 cm³/mol. The van der Waals surface area contributed by atoms with Gasteiger partial charge in [0, 0.05) is 42.2 Å². The van der Waals surface area contributed by atoms with Crippen LogP contribution in [0, 0.1) is 11.8 Å². The second-order valence-corrected chi connectivity index (χ2v) is 8.91. The molecule has 0 fully saturated rings. The molecule has 38 heavy (non-hydrogen) atoms. The molecule has 186 valence electrons. The number of anilines is 1. The van der Waals surface area contributed by atoms with Crippen molar-refractivity contribution in [2.75, 3.05) is 5.73 Å². The summed E-state index contributed by atoms with van der Waals surface area (Å²) in [5, 5.41) is 12.3. The first-order chi connectivity index (χ1) is 18.5. The number of nitrogens with zero attached hydrogens (tertiary/aromatic N) is 5. The molecule has 0 saturated heterocycles. The second-order valence-electron chi connectivity index (χ2n) is 8.91. The minimum absolute atomic E-state index is 0.109. The Morgan fingerprint density at radius 3 is 2.71 bits per heavy atom. The van der Waals surface area contributed by atoms with Crippen LogP contribution in [-0.2, 0) is 7.05 Å². The summed E-state index contributed by atoms with van der Waals surface area (Å²) in [6.07, 6.45) is 6.89. The third-order valence-corrected chi connectivity index (χ3v) is 6.22. The van der Waals surface area contributed by atoms with Gasteiger partial charge in [-0.15, -0.1) is 5.10 Å². The van der Waals surface area contributed by atoms with E-state index in [0.29, 0.717) is 17.0 Å². The van der Waals surface area contributed by atoms with Crippen molar-refractivity contribution in [3.63, 3.8) is 0 Å². The Hall–Kier alpha value is -5.36. The lowest BCUT2D eigenvalue weighted by atomic mass is 9.98. The highest BCUT2D eigenvalue weighted by molar-refractivity contribution is 6.04. The van der Waals surface area contributed by atoms with E-state index in [1.54, 1.807) is 29.3 Å². The van der Waals surface area contributed by atoms with E-state index in [1.165, 1.54) is 4.52 Å². The van der Waals surface area contributed by atoms with E-state index in [-0.39, 0.29) is 17.3 Å². The van der Waals surface area contributed by atoms with Gasteiger partial charge >= 0.3 is 0 Å². The number of hydrogen-bond acceptors (Lipinski definition) is 6. The standard InChI is InChI=1S/C29H23N7O2/c1-18(33-29(37)25-27(30)34-36-14-6-13-31-28(25)36)26-24(21-7-4-3-5-8-21)22-15-19(11-12-23(22)38-26)9-10-20-16-32-35(2)17-20/h3-8,11-18H,1-2H3,(H2,30,34)(H,33,37). The van der Waals surface area contributed by atoms with E-state index in [1.807, 2.05) is 68.7 Å². The number of nitrogens with one attached hydrogen (secondary N) is 1. The first kappa shape index (κ1) is 23.1. The number of carbonyl (C=O) groups excluding carboxylic acids is 1. The molecule has 0 spiro atoms. The molecule has 9 heteroatoms. The van der Waals surface area contributed by atoms with Gasteiger partial charge in [-0.05, 0) is 36.8 Å². The minimum atomic E-state index is -0.479. The second kappa shape index (κ2) is 9.26. The van der Waals surface area contributed by atoms with Gasteiger partial charge in [0.15, 0.2) is 11.5 Å². The summed E-state index contributed by atoms with van der Waals surface area (Å²) < 4.78 is 9.53. The molecule has 1 unspecified atom stereocenters. The summed E-state index contributed by atoms with van der Waals surface area (Å²) in [5.41, 5.74) is 10.9. The summed E-state index contributed by atoms with van der Waals surface area (Å²) in [6.45, 7) is 1.88. The lowest BCUT2D eigenvalue weighted by molar-refractivity contribution is 0.0938. The average Bonchev–Trinajstić information content (AvgIpc) is 3.61. The van der Waals surface area contributed by atoms with Crippen LogP contribution in [-0.4, -0.2) is 30.3 Å². The number of benzene rings is 2. The van der Waals surface area contributed by atoms with E-state index < -0.39 is 6.04 Å². The molecule has 6 rings (SSSR count). The van der Waals surface area contributed by atoms with Gasteiger partial charge in [-0.2, -0.15) is 5.10 Å². The van der Waals surface area contributed by atoms with Gasteiger partial charge < -0.3 is 15.5 Å². The quantitative estimate of drug-likeness (QED) is 0.347. The molecule has 0 aliphatic rings. The van der Waals surface area contributed by atoms with Crippen LogP contribution >= 0.6 is 0 Å². The average molecular weight is 502 g/mol. The summed E-state index contributed by atoms with van der Waals surface area (Å²) in [4.78, 5) is 17.6. The largest absolute Gasteiger partial charge is 0.458 e. The van der Waals surface area contributed by atoms with Crippen molar-refractivity contribution in [2.45, 2.75) is 13.0 Å². The molecular weight excluding hydrogens is 478 g/mol. The van der Waals surface area contributed by atoms with Crippen LogP contribution in [0.5, 0.6) is 0 Å². The number of fused-ring (bicyclic) bond motifs is 2. The van der Waals surface area contributed by atoms with Crippen molar-refractivity contribution in [2.24, 2.45) is 7.05 Å². The van der Waals surface area contributed by atoms with Crippen LogP contribution in [0.3, 0.4) is 0 Å². The first-order valence-electron chi connectivity index (χ1n) is 12.0. The van der Waals surface area contributed by atoms with Gasteiger partial charge in [-0.1, -0.05) is 42.2 Å². The van der Waals surface area contributed by atoms with Crippen LogP contribution < -0.4 is 11.1 Å². The van der Waals surface area contributed by atoms with Crippen molar-refractivity contribution in [1.82, 2.24) is 29.7 Å². The van der Waals surface area contributed by atoms with E-state index >= 15 is 0 Å². The van der Waals surface area contributed by atoms with Crippen molar-refractivity contribution in [3.05, 3.63) is 102 Å². The normalized spacial score (nSPS) is 11.8. The van der Waals surface area contributed by atoms with Gasteiger partial charge in [-0.3, -0.25) is 9.48 Å². The van der Waals surface area contributed by atoms with Crippen LogP contribution in [0.1, 0.15) is 40.2 Å². The number of aromatic nitrogens is 5. The monoisotopic (exact) mass is 501 g/mol. The van der Waals surface area contributed by atoms with Gasteiger partial charge in [0.2, 0.25) is 0 Å². The van der Waals surface area contributed by atoms with Crippen LogP contribution in [0.2, 0.25) is 0 Å². The van der Waals surface area contributed by atoms with E-state index in [4.69, 9.17) is 10.2 Å². The number of furan rings is 1. The lowest BCUT2D eigenvalue weighted by Gasteiger charge is -2.14. The Bertz CT molecular complexity index is 1870. The summed E-state index contributed by atoms with van der Waals surface area (Å²) >= 11 is 0. The molecule has 4 aromatic heterocycles. The molecule has 0 aliphatic heterocycles. The topological polar surface area (TPSA) is 116 Å². The molecule has 0 aliphatic carbocycles. The van der Waals surface area contributed by atoms with Gasteiger partial charge in [0.25, 0.3) is 5.91 Å². The maximum Gasteiger partial charge on any atom is 0.259 e. The Kier molecular flexibility index (Phi) is 5.62. The zero-order valence-electron chi connectivity index (χ0n) is 20.7. The van der Waals surface area contributed by atoms with Gasteiger partial charge in [0.05, 0.1) is 17.8 Å². The molecule has 4 heterocycles. The van der Waals surface area contributed by atoms with Crippen molar-refractivity contribution in [1.29, 1.82) is 0 Å². The highest BCUT2D eigenvalue weighted by Gasteiger charge is 2.25. The molecule has 1 amide bonds. The zero-order chi connectivity index (χ0) is 26.2. The molecule has 6 aromatic rings. The lowest BCUT2D eigenvalue weighted by Crippen LogP contribution is -2.27. The predicted octanol–water partition coefficient (Wildman–Crippen LogP) is 4.35. The molecule has 0 saturated carbocycles. The Balaban J connectivity index is 1.40. The highest BCUT2D eigenvalue weighted by atomic mass is 16.3. The third kappa shape index (κ3) is 4.14. The molecule has 1 atom stereocenters. The fourth-order valence-corrected chi connectivity index (χ4v) is 4.49. The fraction of sp³-hybridized carbons (Fsp3) is 0.103. The van der Waals surface area contributed by atoms with Crippen LogP contribution in [0.25, 0.3) is 27.7 Å². The smallest absolute Gasteiger partial charge is 0.259 e. The van der Waals surface area contributed by atoms with E-state index in [9.17, 15) is 4.79 Å². The van der Waals surface area contributed by atoms with Crippen LogP contribution in [0.4, 0.5) is 5.82 Å². The zero-order valence-corrected chi connectivity index (χ0v) is 20.7. The third-order valence-electron chi connectivity index (χ3n) is 6.22. The first-order valence-corrected chi connectivity index (χ1v) is 12.0. The summed E-state index contributed by atoms with van der Waals surface area (Å²) in [5.74, 6) is 6.71. The molecule has 0 radical (unpaired) electrons. The van der Waals surface area contributed by atoms with Crippen molar-refractivity contribution in [3.8, 4) is 23.0 Å². The maximum absolute atomic E-state index is 13.3. The number of rotatable bonds is 4. The number of aryl methyl sites for hydroxylation is 1. The van der Waals surface area contributed by atoms with Gasteiger partial charge in [0.1, 0.15) is 16.9 Å². The van der Waals surface area contributed by atoms with E-state index in [0.717, 1.165) is 27.6 Å². The minimum Gasteiger partial charge on any atom is -0.458 e. The highest BCUT2D eigenvalue weighted by Crippen LogP contribution is 2.38. The molecule has 9 nitrogen and oxygen atoms in total. The van der Waals surface area contributed by atoms with Crippen molar-refractivity contribution < 1.29 is 9.21 Å². The van der Waals surface area contributed by atoms with Crippen molar-refractivity contribution >= 4 is 28.3 Å². The van der Waals surface area contributed by atoms with E-state index in [2.05, 4.69) is 32.3 Å². The molecular formula is C29H23N7O2. The fourth-order valence-electron chi connectivity index (χ4n) is 4.49. The number of hydrogen-bond donors (Lipinski definition) is 2. The van der Waals surface area contributed by atoms with Crippen LogP contribution in [0.15, 0.2) is 83.8 Å². The van der Waals surface area contributed by atoms with Gasteiger partial charge in [-0.25, -0.2) is 9.50 Å². The molecule has 0 bridgehead atoms. The molecule has 2 aromatic carbocycles. The summed E-state index contributed by atoms with van der Waals surface area (Å²) in [6, 6.07) is 17.0. The maximum atomic E-state index is 13.3. The summed E-state index contributed by atoms with van der Waals surface area (Å²) in [7, 11) is 1.86. The SMILES string of the molecule is CC(NC(=O)c1c(N)nn2cccnc12)c1oc2ccc(C#Cc3cnn(C)c3)cc2c1-c1ccccc1. The number of carbonyl (C=O) groups is 1. The Morgan fingerprint density at radius 2 is 1.92 bits per heavy atom. The number of amides is 1. The Labute approximate surface area is 217 Å². The number of nitrogen functional groups attached to an aromatic ring is 1.